The summed E-state index contributed by atoms with van der Waals surface area (Å²) in [5.74, 6) is 0.142. The second kappa shape index (κ2) is 8.84. The fourth-order valence-electron chi connectivity index (χ4n) is 2.55. The number of carbonyl (C=O) groups excluding carboxylic acids is 1. The number of rotatable bonds is 8. The molecule has 0 aliphatic carbocycles. The average molecular weight is 415 g/mol. The van der Waals surface area contributed by atoms with Crippen molar-refractivity contribution in [2.24, 2.45) is 0 Å². The van der Waals surface area contributed by atoms with Crippen molar-refractivity contribution in [3.63, 3.8) is 0 Å². The highest BCUT2D eigenvalue weighted by atomic mass is 32.2. The van der Waals surface area contributed by atoms with E-state index in [1.54, 1.807) is 19.1 Å². The molecule has 3 rings (SSSR count). The van der Waals surface area contributed by atoms with Gasteiger partial charge in [0.25, 0.3) is 5.91 Å². The Balaban J connectivity index is 1.55. The van der Waals surface area contributed by atoms with Gasteiger partial charge < -0.3 is 10.1 Å². The van der Waals surface area contributed by atoms with E-state index in [-0.39, 0.29) is 23.7 Å². The Labute approximate surface area is 168 Å². The number of ether oxygens (including phenoxy) is 1. The Morgan fingerprint density at radius 2 is 1.72 bits per heavy atom. The molecule has 152 valence electrons. The molecule has 0 atom stereocenters. The van der Waals surface area contributed by atoms with Crippen LogP contribution in [0.3, 0.4) is 0 Å². The lowest BCUT2D eigenvalue weighted by Gasteiger charge is -2.08. The van der Waals surface area contributed by atoms with E-state index in [0.717, 1.165) is 5.69 Å². The van der Waals surface area contributed by atoms with Gasteiger partial charge in [0.05, 0.1) is 23.4 Å². The number of benzene rings is 2. The zero-order valence-corrected chi connectivity index (χ0v) is 16.8. The quantitative estimate of drug-likeness (QED) is 0.536. The Morgan fingerprint density at radius 3 is 2.38 bits per heavy atom. The lowest BCUT2D eigenvalue weighted by molar-refractivity contribution is 0.0948. The third kappa shape index (κ3) is 4.98. The van der Waals surface area contributed by atoms with Crippen LogP contribution in [0.1, 0.15) is 16.2 Å². The lowest BCUT2D eigenvalue weighted by atomic mass is 10.3. The molecule has 2 aromatic carbocycles. The molecule has 0 saturated carbocycles. The van der Waals surface area contributed by atoms with E-state index in [4.69, 9.17) is 4.74 Å². The number of para-hydroxylation sites is 1. The summed E-state index contributed by atoms with van der Waals surface area (Å²) in [4.78, 5) is 13.9. The first-order valence-electron chi connectivity index (χ1n) is 8.82. The maximum Gasteiger partial charge on any atom is 0.273 e. The van der Waals surface area contributed by atoms with Gasteiger partial charge in [-0.25, -0.2) is 13.1 Å². The van der Waals surface area contributed by atoms with Crippen molar-refractivity contribution >= 4 is 15.9 Å². The lowest BCUT2D eigenvalue weighted by Crippen LogP contribution is -2.35. The van der Waals surface area contributed by atoms with Crippen molar-refractivity contribution in [2.45, 2.75) is 11.8 Å². The number of aryl methyl sites for hydroxylation is 1. The minimum absolute atomic E-state index is 0.0337. The van der Waals surface area contributed by atoms with Crippen molar-refractivity contribution in [1.29, 1.82) is 0 Å². The molecule has 0 fully saturated rings. The van der Waals surface area contributed by atoms with E-state index in [2.05, 4.69) is 20.2 Å². The third-order valence-corrected chi connectivity index (χ3v) is 5.53. The molecule has 0 spiro atoms. The second-order valence-corrected chi connectivity index (χ2v) is 7.86. The summed E-state index contributed by atoms with van der Waals surface area (Å²) < 4.78 is 32.0. The summed E-state index contributed by atoms with van der Waals surface area (Å²) in [6, 6.07) is 15.3. The maximum atomic E-state index is 12.4. The zero-order chi connectivity index (χ0) is 20.9. The SMILES string of the molecule is COc1ccc(S(=O)(=O)NCCNC(=O)c2nn(-c3ccccc3)nc2C)cc1. The molecule has 29 heavy (non-hydrogen) atoms. The largest absolute Gasteiger partial charge is 0.497 e. The van der Waals surface area contributed by atoms with Gasteiger partial charge in [0.15, 0.2) is 5.69 Å². The molecule has 1 amide bonds. The molecular weight excluding hydrogens is 394 g/mol. The zero-order valence-electron chi connectivity index (χ0n) is 16.0. The summed E-state index contributed by atoms with van der Waals surface area (Å²) in [5.41, 5.74) is 1.40. The average Bonchev–Trinajstić information content (AvgIpc) is 3.13. The molecule has 0 bridgehead atoms. The number of hydrogen-bond acceptors (Lipinski definition) is 6. The summed E-state index contributed by atoms with van der Waals surface area (Å²) in [5, 5.41) is 11.1. The van der Waals surface area contributed by atoms with Gasteiger partial charge in [-0.15, -0.1) is 5.10 Å². The molecule has 0 saturated heterocycles. The van der Waals surface area contributed by atoms with Gasteiger partial charge >= 0.3 is 0 Å². The number of hydrogen-bond donors (Lipinski definition) is 2. The predicted octanol–water partition coefficient (Wildman–Crippen LogP) is 1.29. The van der Waals surface area contributed by atoms with Crippen LogP contribution in [-0.2, 0) is 10.0 Å². The number of nitrogens with one attached hydrogen (secondary N) is 2. The molecule has 1 heterocycles. The molecular formula is C19H21N5O4S. The highest BCUT2D eigenvalue weighted by Gasteiger charge is 2.17. The minimum atomic E-state index is -3.68. The normalized spacial score (nSPS) is 11.2. The van der Waals surface area contributed by atoms with Crippen molar-refractivity contribution in [3.05, 3.63) is 66.0 Å². The van der Waals surface area contributed by atoms with Gasteiger partial charge in [-0.3, -0.25) is 4.79 Å². The molecule has 9 nitrogen and oxygen atoms in total. The Kier molecular flexibility index (Phi) is 6.25. The molecule has 0 radical (unpaired) electrons. The summed E-state index contributed by atoms with van der Waals surface area (Å²) in [7, 11) is -2.17. The minimum Gasteiger partial charge on any atom is -0.497 e. The predicted molar refractivity (Wildman–Crippen MR) is 107 cm³/mol. The first-order valence-corrected chi connectivity index (χ1v) is 10.3. The van der Waals surface area contributed by atoms with Crippen LogP contribution in [0.15, 0.2) is 59.5 Å². The van der Waals surface area contributed by atoms with Crippen LogP contribution in [0.5, 0.6) is 5.75 Å². The molecule has 3 aromatic rings. The highest BCUT2D eigenvalue weighted by Crippen LogP contribution is 2.15. The fraction of sp³-hybridized carbons (Fsp3) is 0.211. The number of nitrogens with zero attached hydrogens (tertiary/aromatic N) is 3. The Hall–Kier alpha value is -3.24. The number of aromatic nitrogens is 3. The van der Waals surface area contributed by atoms with Crippen molar-refractivity contribution in [2.75, 3.05) is 20.2 Å². The van der Waals surface area contributed by atoms with Crippen LogP contribution in [0.2, 0.25) is 0 Å². The van der Waals surface area contributed by atoms with E-state index < -0.39 is 15.9 Å². The summed E-state index contributed by atoms with van der Waals surface area (Å²) in [6.45, 7) is 1.82. The summed E-state index contributed by atoms with van der Waals surface area (Å²) in [6.07, 6.45) is 0. The van der Waals surface area contributed by atoms with Crippen molar-refractivity contribution < 1.29 is 17.9 Å². The molecule has 1 aromatic heterocycles. The van der Waals surface area contributed by atoms with Crippen molar-refractivity contribution in [3.8, 4) is 11.4 Å². The highest BCUT2D eigenvalue weighted by molar-refractivity contribution is 7.89. The van der Waals surface area contributed by atoms with Crippen molar-refractivity contribution in [1.82, 2.24) is 25.0 Å². The van der Waals surface area contributed by atoms with Gasteiger partial charge in [0, 0.05) is 13.1 Å². The van der Waals surface area contributed by atoms with Crippen LogP contribution in [0, 0.1) is 6.92 Å². The standard InChI is InChI=1S/C19H21N5O4S/c1-14-18(23-24(22-14)15-6-4-3-5-7-15)19(25)20-12-13-21-29(26,27)17-10-8-16(28-2)9-11-17/h3-11,21H,12-13H2,1-2H3,(H,20,25). The Morgan fingerprint density at radius 1 is 1.03 bits per heavy atom. The number of sulfonamides is 1. The topological polar surface area (TPSA) is 115 Å². The van der Waals surface area contributed by atoms with Crippen LogP contribution < -0.4 is 14.8 Å². The van der Waals surface area contributed by atoms with Gasteiger partial charge in [-0.2, -0.15) is 9.90 Å². The van der Waals surface area contributed by atoms with Crippen LogP contribution in [-0.4, -0.2) is 49.5 Å². The van der Waals surface area contributed by atoms with Crippen LogP contribution in [0.25, 0.3) is 5.69 Å². The first-order chi connectivity index (χ1) is 13.9. The number of carbonyl (C=O) groups is 1. The van der Waals surface area contributed by atoms with E-state index in [9.17, 15) is 13.2 Å². The van der Waals surface area contributed by atoms with E-state index in [0.29, 0.717) is 11.4 Å². The molecule has 0 aliphatic heterocycles. The van der Waals surface area contributed by atoms with Gasteiger partial charge in [0.1, 0.15) is 5.75 Å². The fourth-order valence-corrected chi connectivity index (χ4v) is 3.58. The van der Waals surface area contributed by atoms with Crippen LogP contribution >= 0.6 is 0 Å². The van der Waals surface area contributed by atoms with Crippen LogP contribution in [0.4, 0.5) is 0 Å². The van der Waals surface area contributed by atoms with Gasteiger partial charge in [0.2, 0.25) is 10.0 Å². The smallest absolute Gasteiger partial charge is 0.273 e. The molecule has 0 unspecified atom stereocenters. The molecule has 10 heteroatoms. The maximum absolute atomic E-state index is 12.4. The van der Waals surface area contributed by atoms with E-state index in [1.807, 2.05) is 30.3 Å². The number of methoxy groups -OCH3 is 1. The van der Waals surface area contributed by atoms with E-state index in [1.165, 1.54) is 24.0 Å². The van der Waals surface area contributed by atoms with E-state index >= 15 is 0 Å². The number of amides is 1. The first kappa shape index (κ1) is 20.5. The van der Waals surface area contributed by atoms with Gasteiger partial charge in [-0.05, 0) is 43.3 Å². The third-order valence-electron chi connectivity index (χ3n) is 4.06. The Bertz CT molecular complexity index is 1080. The summed E-state index contributed by atoms with van der Waals surface area (Å²) >= 11 is 0. The second-order valence-electron chi connectivity index (χ2n) is 6.09. The van der Waals surface area contributed by atoms with Gasteiger partial charge in [-0.1, -0.05) is 18.2 Å². The monoisotopic (exact) mass is 415 g/mol. The molecule has 2 N–H and O–H groups in total. The molecule has 0 aliphatic rings.